The Morgan fingerprint density at radius 3 is 2.63 bits per heavy atom. The average Bonchev–Trinajstić information content (AvgIpc) is 3.08. The van der Waals surface area contributed by atoms with Crippen molar-refractivity contribution < 1.29 is 28.2 Å². The number of amides is 1. The number of ketones is 1. The van der Waals surface area contributed by atoms with E-state index >= 15 is 0 Å². The molecule has 1 aliphatic rings. The molecule has 1 aliphatic heterocycles. The van der Waals surface area contributed by atoms with E-state index in [0.29, 0.717) is 11.4 Å². The standard InChI is InChI=1S/C20H18FNO5/c1-26-17-4-2-3-16(10-17)22-11-14(9-19(22)24)20(25)27-12-18(23)13-5-7-15(21)8-6-13/h2-8,10,14H,9,11-12H2,1H3/t14-/m0/s1. The molecule has 27 heavy (non-hydrogen) atoms. The van der Waals surface area contributed by atoms with E-state index in [1.165, 1.54) is 24.1 Å². The minimum absolute atomic E-state index is 0.0147. The Labute approximate surface area is 155 Å². The number of esters is 1. The first-order valence-electron chi connectivity index (χ1n) is 8.37. The number of Topliss-reactive ketones (excluding diaryl/α,β-unsaturated/α-hetero) is 1. The monoisotopic (exact) mass is 371 g/mol. The lowest BCUT2D eigenvalue weighted by Crippen LogP contribution is -2.27. The smallest absolute Gasteiger partial charge is 0.311 e. The second kappa shape index (κ2) is 7.99. The molecule has 6 nitrogen and oxygen atoms in total. The summed E-state index contributed by atoms with van der Waals surface area (Å²) in [6.45, 7) is -0.274. The van der Waals surface area contributed by atoms with E-state index in [4.69, 9.17) is 9.47 Å². The number of methoxy groups -OCH3 is 1. The van der Waals surface area contributed by atoms with Gasteiger partial charge in [0.1, 0.15) is 11.6 Å². The van der Waals surface area contributed by atoms with Gasteiger partial charge in [-0.1, -0.05) is 6.07 Å². The third kappa shape index (κ3) is 4.31. The third-order valence-corrected chi connectivity index (χ3v) is 4.34. The van der Waals surface area contributed by atoms with Crippen LogP contribution in [-0.2, 0) is 14.3 Å². The molecule has 7 heteroatoms. The molecule has 0 N–H and O–H groups in total. The maximum absolute atomic E-state index is 12.9. The van der Waals surface area contributed by atoms with Gasteiger partial charge in [0, 0.05) is 30.3 Å². The molecule has 0 saturated carbocycles. The van der Waals surface area contributed by atoms with Crippen molar-refractivity contribution in [3.8, 4) is 5.75 Å². The predicted octanol–water partition coefficient (Wildman–Crippen LogP) is 2.61. The molecule has 0 unspecified atom stereocenters. The largest absolute Gasteiger partial charge is 0.497 e. The van der Waals surface area contributed by atoms with Gasteiger partial charge >= 0.3 is 5.97 Å². The van der Waals surface area contributed by atoms with Gasteiger partial charge in [-0.15, -0.1) is 0 Å². The number of carbonyl (C=O) groups excluding carboxylic acids is 3. The van der Waals surface area contributed by atoms with Crippen LogP contribution in [0.2, 0.25) is 0 Å². The summed E-state index contributed by atoms with van der Waals surface area (Å²) >= 11 is 0. The number of ether oxygens (including phenoxy) is 2. The van der Waals surface area contributed by atoms with Crippen LogP contribution in [0.25, 0.3) is 0 Å². The van der Waals surface area contributed by atoms with Gasteiger partial charge in [0.05, 0.1) is 13.0 Å². The lowest BCUT2D eigenvalue weighted by Gasteiger charge is -2.17. The topological polar surface area (TPSA) is 72.9 Å². The molecular formula is C20H18FNO5. The zero-order valence-electron chi connectivity index (χ0n) is 14.7. The Hall–Kier alpha value is -3.22. The second-order valence-electron chi connectivity index (χ2n) is 6.14. The maximum atomic E-state index is 12.9. The van der Waals surface area contributed by atoms with Crippen molar-refractivity contribution in [1.29, 1.82) is 0 Å². The predicted molar refractivity (Wildman–Crippen MR) is 95.1 cm³/mol. The van der Waals surface area contributed by atoms with E-state index in [-0.39, 0.29) is 24.4 Å². The van der Waals surface area contributed by atoms with Crippen LogP contribution < -0.4 is 9.64 Å². The molecule has 140 valence electrons. The molecule has 2 aromatic carbocycles. The molecule has 1 heterocycles. The molecule has 0 spiro atoms. The summed E-state index contributed by atoms with van der Waals surface area (Å²) in [7, 11) is 1.53. The van der Waals surface area contributed by atoms with Gasteiger partial charge in [-0.3, -0.25) is 14.4 Å². The Balaban J connectivity index is 1.58. The van der Waals surface area contributed by atoms with Crippen LogP contribution in [-0.4, -0.2) is 37.9 Å². The van der Waals surface area contributed by atoms with E-state index in [1.54, 1.807) is 24.3 Å². The first-order chi connectivity index (χ1) is 13.0. The lowest BCUT2D eigenvalue weighted by atomic mass is 10.1. The molecular weight excluding hydrogens is 353 g/mol. The molecule has 0 radical (unpaired) electrons. The second-order valence-corrected chi connectivity index (χ2v) is 6.14. The first-order valence-corrected chi connectivity index (χ1v) is 8.37. The van der Waals surface area contributed by atoms with E-state index in [0.717, 1.165) is 12.1 Å². The molecule has 1 atom stereocenters. The normalized spacial score (nSPS) is 16.3. The van der Waals surface area contributed by atoms with Crippen molar-refractivity contribution in [3.05, 3.63) is 59.9 Å². The number of benzene rings is 2. The van der Waals surface area contributed by atoms with Gasteiger partial charge in [0.15, 0.2) is 12.4 Å². The van der Waals surface area contributed by atoms with Gasteiger partial charge in [-0.2, -0.15) is 0 Å². The van der Waals surface area contributed by atoms with Crippen molar-refractivity contribution in [3.63, 3.8) is 0 Å². The summed E-state index contributed by atoms with van der Waals surface area (Å²) in [5.41, 5.74) is 0.891. The van der Waals surface area contributed by atoms with Crippen molar-refractivity contribution in [1.82, 2.24) is 0 Å². The van der Waals surface area contributed by atoms with E-state index in [9.17, 15) is 18.8 Å². The molecule has 1 saturated heterocycles. The Bertz CT molecular complexity index is 865. The average molecular weight is 371 g/mol. The zero-order valence-corrected chi connectivity index (χ0v) is 14.7. The number of hydrogen-bond donors (Lipinski definition) is 0. The fraction of sp³-hybridized carbons (Fsp3) is 0.250. The zero-order chi connectivity index (χ0) is 19.4. The van der Waals surface area contributed by atoms with Crippen LogP contribution >= 0.6 is 0 Å². The third-order valence-electron chi connectivity index (χ3n) is 4.34. The molecule has 0 bridgehead atoms. The highest BCUT2D eigenvalue weighted by atomic mass is 19.1. The highest BCUT2D eigenvalue weighted by Gasteiger charge is 2.36. The summed E-state index contributed by atoms with van der Waals surface area (Å²) in [5, 5.41) is 0. The van der Waals surface area contributed by atoms with Crippen molar-refractivity contribution in [2.24, 2.45) is 5.92 Å². The first kappa shape index (κ1) is 18.6. The number of halogens is 1. The fourth-order valence-electron chi connectivity index (χ4n) is 2.87. The Morgan fingerprint density at radius 2 is 1.93 bits per heavy atom. The van der Waals surface area contributed by atoms with Crippen LogP contribution in [0.1, 0.15) is 16.8 Å². The van der Waals surface area contributed by atoms with Gasteiger partial charge in [-0.25, -0.2) is 4.39 Å². The van der Waals surface area contributed by atoms with Crippen molar-refractivity contribution in [2.75, 3.05) is 25.2 Å². The van der Waals surface area contributed by atoms with Crippen molar-refractivity contribution in [2.45, 2.75) is 6.42 Å². The lowest BCUT2D eigenvalue weighted by molar-refractivity contribution is -0.147. The summed E-state index contributed by atoms with van der Waals surface area (Å²) in [5.74, 6) is -1.73. The quantitative estimate of drug-likeness (QED) is 0.577. The Morgan fingerprint density at radius 1 is 1.19 bits per heavy atom. The summed E-state index contributed by atoms with van der Waals surface area (Å²) < 4.78 is 23.1. The van der Waals surface area contributed by atoms with Crippen molar-refractivity contribution >= 4 is 23.3 Å². The van der Waals surface area contributed by atoms with Crippen LogP contribution in [0.15, 0.2) is 48.5 Å². The molecule has 0 aliphatic carbocycles. The number of nitrogens with zero attached hydrogens (tertiary/aromatic N) is 1. The van der Waals surface area contributed by atoms with Crippen LogP contribution in [0.5, 0.6) is 5.75 Å². The van der Waals surface area contributed by atoms with Gasteiger partial charge in [0.2, 0.25) is 5.91 Å². The van der Waals surface area contributed by atoms with Crippen LogP contribution in [0, 0.1) is 11.7 Å². The SMILES string of the molecule is COc1cccc(N2C[C@@H](C(=O)OCC(=O)c3ccc(F)cc3)CC2=O)c1. The van der Waals surface area contributed by atoms with Gasteiger partial charge in [-0.05, 0) is 36.4 Å². The summed E-state index contributed by atoms with van der Waals surface area (Å²) in [6, 6.07) is 12.0. The van der Waals surface area contributed by atoms with Crippen LogP contribution in [0.4, 0.5) is 10.1 Å². The molecule has 1 amide bonds. The number of carbonyl (C=O) groups is 3. The molecule has 1 fully saturated rings. The van der Waals surface area contributed by atoms with E-state index in [2.05, 4.69) is 0 Å². The van der Waals surface area contributed by atoms with E-state index < -0.39 is 30.1 Å². The minimum atomic E-state index is -0.648. The number of rotatable bonds is 6. The maximum Gasteiger partial charge on any atom is 0.311 e. The van der Waals surface area contributed by atoms with E-state index in [1.807, 2.05) is 0 Å². The van der Waals surface area contributed by atoms with Gasteiger partial charge < -0.3 is 14.4 Å². The highest BCUT2D eigenvalue weighted by molar-refractivity contribution is 6.01. The molecule has 0 aromatic heterocycles. The number of hydrogen-bond acceptors (Lipinski definition) is 5. The number of anilines is 1. The summed E-state index contributed by atoms with van der Waals surface area (Å²) in [6.07, 6.45) is 0.0147. The minimum Gasteiger partial charge on any atom is -0.497 e. The Kier molecular flexibility index (Phi) is 5.49. The highest BCUT2D eigenvalue weighted by Crippen LogP contribution is 2.28. The van der Waals surface area contributed by atoms with Crippen LogP contribution in [0.3, 0.4) is 0 Å². The van der Waals surface area contributed by atoms with Gasteiger partial charge in [0.25, 0.3) is 0 Å². The molecule has 3 rings (SSSR count). The summed E-state index contributed by atoms with van der Waals surface area (Å²) in [4.78, 5) is 38.0. The molecule has 2 aromatic rings. The fourth-order valence-corrected chi connectivity index (χ4v) is 2.87.